The van der Waals surface area contributed by atoms with Crippen molar-refractivity contribution < 1.29 is 27.8 Å². The highest BCUT2D eigenvalue weighted by Gasteiger charge is 2.48. The van der Waals surface area contributed by atoms with Gasteiger partial charge in [-0.2, -0.15) is 8.78 Å². The number of halogens is 4. The summed E-state index contributed by atoms with van der Waals surface area (Å²) in [5, 5.41) is 0. The zero-order valence-corrected chi connectivity index (χ0v) is 14.6. The average molecular weight is 405 g/mol. The average Bonchev–Trinajstić information content (AvgIpc) is 2.46. The van der Waals surface area contributed by atoms with Crippen LogP contribution < -0.4 is 15.2 Å². The molecule has 0 saturated carbocycles. The third-order valence-corrected chi connectivity index (χ3v) is 3.55. The first-order valence-electron chi connectivity index (χ1n) is 6.01. The lowest BCUT2D eigenvalue weighted by molar-refractivity contribution is -0.174. The maximum Gasteiger partial charge on any atom is 0.379 e. The Balaban J connectivity index is 0.00000441. The molecule has 0 bridgehead atoms. The number of carbonyl (C=O) groups is 1. The third kappa shape index (κ3) is 4.21. The smallest absolute Gasteiger partial charge is 0.379 e. The Morgan fingerprint density at radius 2 is 1.77 bits per heavy atom. The van der Waals surface area contributed by atoms with Gasteiger partial charge in [-0.25, -0.2) is 4.79 Å². The van der Waals surface area contributed by atoms with Gasteiger partial charge in [-0.05, 0) is 40.5 Å². The van der Waals surface area contributed by atoms with E-state index in [0.717, 1.165) is 0 Å². The Labute approximate surface area is 141 Å². The number of rotatable bonds is 6. The summed E-state index contributed by atoms with van der Waals surface area (Å²) in [5.74, 6) is -5.00. The van der Waals surface area contributed by atoms with Crippen molar-refractivity contribution in [2.45, 2.75) is 18.9 Å². The molecule has 1 atom stereocenters. The highest BCUT2D eigenvalue weighted by molar-refractivity contribution is 9.10. The Bertz CT molecular complexity index is 506. The largest absolute Gasteiger partial charge is 0.495 e. The second-order valence-electron chi connectivity index (χ2n) is 4.06. The summed E-state index contributed by atoms with van der Waals surface area (Å²) in [6.07, 6.45) is 0. The normalized spacial score (nSPS) is 12.1. The molecule has 5 nitrogen and oxygen atoms in total. The number of hydrogen-bond acceptors (Lipinski definition) is 5. The number of ether oxygens (including phenoxy) is 3. The van der Waals surface area contributed by atoms with Crippen molar-refractivity contribution >= 4 is 34.3 Å². The topological polar surface area (TPSA) is 70.8 Å². The van der Waals surface area contributed by atoms with Crippen LogP contribution in [0.1, 0.15) is 18.5 Å². The van der Waals surface area contributed by atoms with E-state index >= 15 is 0 Å². The summed E-state index contributed by atoms with van der Waals surface area (Å²) in [5.41, 5.74) is 5.51. The minimum Gasteiger partial charge on any atom is -0.495 e. The van der Waals surface area contributed by atoms with Gasteiger partial charge in [0.15, 0.2) is 0 Å². The molecule has 2 N–H and O–H groups in total. The third-order valence-electron chi connectivity index (χ3n) is 2.77. The van der Waals surface area contributed by atoms with Gasteiger partial charge in [0.05, 0.1) is 20.8 Å². The fraction of sp³-hybridized carbons (Fsp3) is 0.462. The lowest BCUT2D eigenvalue weighted by atomic mass is 10.0. The monoisotopic (exact) mass is 403 g/mol. The van der Waals surface area contributed by atoms with Crippen molar-refractivity contribution in [3.8, 4) is 11.5 Å². The molecule has 0 aliphatic heterocycles. The minimum atomic E-state index is -3.86. The molecule has 22 heavy (non-hydrogen) atoms. The number of nitrogens with two attached hydrogens (primary N) is 1. The molecule has 126 valence electrons. The van der Waals surface area contributed by atoms with Crippen LogP contribution in [0.5, 0.6) is 11.5 Å². The zero-order valence-electron chi connectivity index (χ0n) is 12.2. The summed E-state index contributed by atoms with van der Waals surface area (Å²) < 4.78 is 42.8. The second kappa shape index (κ2) is 8.50. The van der Waals surface area contributed by atoms with E-state index in [2.05, 4.69) is 20.7 Å². The van der Waals surface area contributed by atoms with Gasteiger partial charge >= 0.3 is 11.9 Å². The summed E-state index contributed by atoms with van der Waals surface area (Å²) in [7, 11) is 2.75. The molecule has 0 saturated heterocycles. The van der Waals surface area contributed by atoms with Crippen LogP contribution in [-0.2, 0) is 9.53 Å². The van der Waals surface area contributed by atoms with E-state index in [1.807, 2.05) is 0 Å². The van der Waals surface area contributed by atoms with E-state index in [1.54, 1.807) is 0 Å². The molecule has 0 spiro atoms. The fourth-order valence-electron chi connectivity index (χ4n) is 1.63. The van der Waals surface area contributed by atoms with Crippen LogP contribution in [0.3, 0.4) is 0 Å². The van der Waals surface area contributed by atoms with Crippen molar-refractivity contribution in [2.24, 2.45) is 5.73 Å². The summed E-state index contributed by atoms with van der Waals surface area (Å²) >= 11 is 3.22. The van der Waals surface area contributed by atoms with Crippen LogP contribution in [0.25, 0.3) is 0 Å². The van der Waals surface area contributed by atoms with Crippen LogP contribution >= 0.6 is 28.3 Å². The van der Waals surface area contributed by atoms with Crippen LogP contribution in [0.2, 0.25) is 0 Å². The molecule has 0 unspecified atom stereocenters. The Morgan fingerprint density at radius 1 is 1.32 bits per heavy atom. The van der Waals surface area contributed by atoms with Crippen molar-refractivity contribution in [2.75, 3.05) is 20.8 Å². The summed E-state index contributed by atoms with van der Waals surface area (Å²) in [6.45, 7) is 1.28. The molecule has 0 heterocycles. The molecule has 0 fully saturated rings. The predicted molar refractivity (Wildman–Crippen MR) is 83.0 cm³/mol. The lowest BCUT2D eigenvalue weighted by Gasteiger charge is -2.23. The van der Waals surface area contributed by atoms with Crippen molar-refractivity contribution in [1.82, 2.24) is 0 Å². The van der Waals surface area contributed by atoms with Gasteiger partial charge in [0.25, 0.3) is 0 Å². The molecule has 0 aliphatic carbocycles. The maximum absolute atomic E-state index is 14.0. The van der Waals surface area contributed by atoms with Crippen molar-refractivity contribution in [3.05, 3.63) is 22.2 Å². The highest BCUT2D eigenvalue weighted by Crippen LogP contribution is 2.40. The SMILES string of the molecule is CCOC(=O)C(F)(F)[C@H](N)c1cc(OC)c(Br)c(OC)c1.Cl. The Kier molecular flexibility index (Phi) is 8.06. The molecule has 1 rings (SSSR count). The second-order valence-corrected chi connectivity index (χ2v) is 4.85. The van der Waals surface area contributed by atoms with E-state index < -0.39 is 17.9 Å². The Morgan fingerprint density at radius 3 is 2.14 bits per heavy atom. The standard InChI is InChI=1S/C13H16BrF2NO4.ClH/c1-4-21-12(18)13(15,16)11(17)7-5-8(19-2)10(14)9(6-7)20-3;/h5-6,11H,4,17H2,1-3H3;1H/t11-;/m1./s1. The van der Waals surface area contributed by atoms with Gasteiger partial charge < -0.3 is 19.9 Å². The van der Waals surface area contributed by atoms with Crippen molar-refractivity contribution in [3.63, 3.8) is 0 Å². The molecule has 0 amide bonds. The Hall–Kier alpha value is -1.12. The highest BCUT2D eigenvalue weighted by atomic mass is 79.9. The van der Waals surface area contributed by atoms with Gasteiger partial charge in [-0.1, -0.05) is 0 Å². The molecule has 0 radical (unpaired) electrons. The quantitative estimate of drug-likeness (QED) is 0.738. The molecule has 1 aromatic rings. The van der Waals surface area contributed by atoms with Crippen LogP contribution in [0, 0.1) is 0 Å². The summed E-state index contributed by atoms with van der Waals surface area (Å²) in [4.78, 5) is 11.3. The lowest BCUT2D eigenvalue weighted by Crippen LogP contribution is -2.41. The molecular weight excluding hydrogens is 387 g/mol. The first-order valence-corrected chi connectivity index (χ1v) is 6.80. The summed E-state index contributed by atoms with van der Waals surface area (Å²) in [6, 6.07) is 0.738. The zero-order chi connectivity index (χ0) is 16.2. The van der Waals surface area contributed by atoms with Crippen LogP contribution in [0.4, 0.5) is 8.78 Å². The number of esters is 1. The first-order chi connectivity index (χ1) is 9.79. The fourth-order valence-corrected chi connectivity index (χ4v) is 2.19. The number of methoxy groups -OCH3 is 2. The van der Waals surface area contributed by atoms with Gasteiger partial charge in [-0.3, -0.25) is 0 Å². The minimum absolute atomic E-state index is 0. The molecule has 0 aliphatic rings. The van der Waals surface area contributed by atoms with Gasteiger partial charge in [0.1, 0.15) is 22.0 Å². The molecule has 9 heteroatoms. The predicted octanol–water partition coefficient (Wildman–Crippen LogP) is 3.09. The van der Waals surface area contributed by atoms with E-state index in [-0.39, 0.29) is 36.1 Å². The number of hydrogen-bond donors (Lipinski definition) is 1. The van der Waals surface area contributed by atoms with Crippen LogP contribution in [0.15, 0.2) is 16.6 Å². The van der Waals surface area contributed by atoms with E-state index in [9.17, 15) is 13.6 Å². The molecular formula is C13H17BrClF2NO4. The van der Waals surface area contributed by atoms with E-state index in [0.29, 0.717) is 4.47 Å². The molecule has 0 aromatic heterocycles. The molecule has 1 aromatic carbocycles. The number of alkyl halides is 2. The van der Waals surface area contributed by atoms with Crippen LogP contribution in [-0.4, -0.2) is 32.7 Å². The number of benzene rings is 1. The van der Waals surface area contributed by atoms with E-state index in [4.69, 9.17) is 15.2 Å². The number of carbonyl (C=O) groups excluding carboxylic acids is 1. The first kappa shape index (κ1) is 20.9. The maximum atomic E-state index is 14.0. The van der Waals surface area contributed by atoms with Crippen molar-refractivity contribution in [1.29, 1.82) is 0 Å². The van der Waals surface area contributed by atoms with E-state index in [1.165, 1.54) is 33.3 Å². The van der Waals surface area contributed by atoms with Gasteiger partial charge in [0.2, 0.25) is 0 Å². The van der Waals surface area contributed by atoms with Gasteiger partial charge in [-0.15, -0.1) is 12.4 Å². The van der Waals surface area contributed by atoms with Gasteiger partial charge in [0, 0.05) is 0 Å².